The van der Waals surface area contributed by atoms with Crippen LogP contribution in [0.1, 0.15) is 57.8 Å². The van der Waals surface area contributed by atoms with E-state index in [1.807, 2.05) is 6.07 Å². The number of rotatable bonds is 6. The van der Waals surface area contributed by atoms with Gasteiger partial charge in [0, 0.05) is 49.1 Å². The van der Waals surface area contributed by atoms with Crippen molar-refractivity contribution in [2.75, 3.05) is 35.8 Å². The van der Waals surface area contributed by atoms with E-state index in [0.717, 1.165) is 37.7 Å². The summed E-state index contributed by atoms with van der Waals surface area (Å²) in [5, 5.41) is 12.2. The number of aromatic carboxylic acids is 1. The Hall–Kier alpha value is -3.27. The van der Waals surface area contributed by atoms with Crippen molar-refractivity contribution in [3.05, 3.63) is 53.2 Å². The van der Waals surface area contributed by atoms with Crippen molar-refractivity contribution in [3.8, 4) is 0 Å². The number of hydrogen-bond acceptors (Lipinski definition) is 6. The maximum atomic E-state index is 12.8. The monoisotopic (exact) mass is 474 g/mol. The van der Waals surface area contributed by atoms with Crippen molar-refractivity contribution in [2.24, 2.45) is 5.41 Å². The van der Waals surface area contributed by atoms with Gasteiger partial charge in [0.15, 0.2) is 0 Å². The van der Waals surface area contributed by atoms with E-state index in [9.17, 15) is 23.7 Å². The largest absolute Gasteiger partial charge is 0.478 e. The molecule has 0 spiro atoms. The molecule has 1 aromatic heterocycles. The van der Waals surface area contributed by atoms with Crippen LogP contribution < -0.4 is 14.9 Å². The van der Waals surface area contributed by atoms with Crippen LogP contribution in [0.5, 0.6) is 0 Å². The second-order valence-corrected chi connectivity index (χ2v) is 12.3. The van der Waals surface area contributed by atoms with Gasteiger partial charge in [-0.25, -0.2) is 9.78 Å². The number of amides is 2. The topological polar surface area (TPSA) is 129 Å². The van der Waals surface area contributed by atoms with Crippen LogP contribution in [0.2, 0.25) is 0 Å². The SMILES string of the molecule is CC1(C)CCN(c2ccnc(NC(=O)c3ccc(C(=O)N[SH](C)(C)=O)cc3C(=O)O)c2)CC1. The minimum atomic E-state index is -2.87. The smallest absolute Gasteiger partial charge is 0.336 e. The lowest BCUT2D eigenvalue weighted by Gasteiger charge is -2.38. The molecular weight excluding hydrogens is 444 g/mol. The maximum absolute atomic E-state index is 12.8. The van der Waals surface area contributed by atoms with Crippen LogP contribution in [0.3, 0.4) is 0 Å². The van der Waals surface area contributed by atoms with Gasteiger partial charge in [-0.3, -0.25) is 18.5 Å². The summed E-state index contributed by atoms with van der Waals surface area (Å²) in [5.41, 5.74) is 0.798. The van der Waals surface area contributed by atoms with E-state index >= 15 is 0 Å². The predicted molar refractivity (Wildman–Crippen MR) is 130 cm³/mol. The molecule has 0 bridgehead atoms. The Kier molecular flexibility index (Phi) is 6.87. The zero-order valence-electron chi connectivity index (χ0n) is 19.2. The summed E-state index contributed by atoms with van der Waals surface area (Å²) >= 11 is 0. The molecule has 2 amide bonds. The van der Waals surface area contributed by atoms with Crippen LogP contribution >= 0.6 is 0 Å². The van der Waals surface area contributed by atoms with Crippen molar-refractivity contribution in [1.29, 1.82) is 0 Å². The molecule has 1 aromatic carbocycles. The molecule has 0 unspecified atom stereocenters. The van der Waals surface area contributed by atoms with Gasteiger partial charge in [0.05, 0.1) is 11.1 Å². The second-order valence-electron chi connectivity index (χ2n) is 9.36. The Bertz CT molecular complexity index is 1130. The standard InChI is InChI=1S/C23H30N4O5S/c1-23(2)8-11-27(12-9-23)16-7-10-24-19(14-16)25-21(29)17-6-5-15(13-18(17)22(30)31)20(28)26-33(3,4)32/h5-7,10,13-14,33H,8-9,11-12H2,1-4H3,(H,30,31)(H,24,25,29)(H,26,28,32). The zero-order valence-corrected chi connectivity index (χ0v) is 20.1. The molecular formula is C23H30N4O5S. The molecule has 1 saturated heterocycles. The van der Waals surface area contributed by atoms with E-state index in [4.69, 9.17) is 0 Å². The molecule has 3 rings (SSSR count). The molecule has 1 aliphatic heterocycles. The fourth-order valence-corrected chi connectivity index (χ4v) is 4.23. The number of carboxylic acid groups (broad SMARTS) is 1. The molecule has 3 N–H and O–H groups in total. The van der Waals surface area contributed by atoms with Crippen LogP contribution in [0.15, 0.2) is 36.5 Å². The number of anilines is 2. The first-order valence-corrected chi connectivity index (χ1v) is 13.2. The fourth-order valence-electron chi connectivity index (χ4n) is 3.61. The van der Waals surface area contributed by atoms with Gasteiger partial charge in [-0.1, -0.05) is 13.8 Å². The van der Waals surface area contributed by atoms with E-state index in [1.165, 1.54) is 24.6 Å². The highest BCUT2D eigenvalue weighted by atomic mass is 32.3. The molecule has 0 saturated carbocycles. The molecule has 0 radical (unpaired) electrons. The highest BCUT2D eigenvalue weighted by molar-refractivity contribution is 8.00. The normalized spacial score (nSPS) is 16.1. The number of piperidine rings is 1. The molecule has 33 heavy (non-hydrogen) atoms. The van der Waals surface area contributed by atoms with E-state index < -0.39 is 27.9 Å². The molecule has 178 valence electrons. The number of nitrogens with one attached hydrogen (secondary N) is 2. The third kappa shape index (κ3) is 6.38. The Labute approximate surface area is 194 Å². The Morgan fingerprint density at radius 1 is 1.03 bits per heavy atom. The quantitative estimate of drug-likeness (QED) is 0.474. The summed E-state index contributed by atoms with van der Waals surface area (Å²) in [5.74, 6) is -2.38. The number of carbonyl (C=O) groups is 3. The molecule has 2 heterocycles. The minimum absolute atomic E-state index is 0.000944. The molecule has 1 aliphatic rings. The average Bonchev–Trinajstić information content (AvgIpc) is 2.72. The average molecular weight is 475 g/mol. The van der Waals surface area contributed by atoms with Crippen LogP contribution in [0.4, 0.5) is 11.5 Å². The van der Waals surface area contributed by atoms with Crippen LogP contribution in [0, 0.1) is 5.41 Å². The number of carbonyl (C=O) groups excluding carboxylic acids is 2. The number of benzene rings is 1. The van der Waals surface area contributed by atoms with Crippen molar-refractivity contribution < 1.29 is 23.7 Å². The summed E-state index contributed by atoms with van der Waals surface area (Å²) in [6.45, 7) is 6.31. The van der Waals surface area contributed by atoms with Gasteiger partial charge >= 0.3 is 5.97 Å². The summed E-state index contributed by atoms with van der Waals surface area (Å²) < 4.78 is 14.2. The van der Waals surface area contributed by atoms with Gasteiger partial charge in [-0.15, -0.1) is 0 Å². The van der Waals surface area contributed by atoms with Gasteiger partial charge in [-0.05, 0) is 52.6 Å². The molecule has 0 atom stereocenters. The van der Waals surface area contributed by atoms with Gasteiger partial charge in [0.25, 0.3) is 11.8 Å². The first-order chi connectivity index (χ1) is 15.3. The highest BCUT2D eigenvalue weighted by Crippen LogP contribution is 2.32. The summed E-state index contributed by atoms with van der Waals surface area (Å²) in [7, 11) is -2.87. The Morgan fingerprint density at radius 3 is 2.30 bits per heavy atom. The zero-order chi connectivity index (χ0) is 24.4. The lowest BCUT2D eigenvalue weighted by atomic mass is 9.82. The summed E-state index contributed by atoms with van der Waals surface area (Å²) in [4.78, 5) is 43.3. The van der Waals surface area contributed by atoms with Crippen molar-refractivity contribution >= 4 is 39.4 Å². The first kappa shape index (κ1) is 24.4. The van der Waals surface area contributed by atoms with Gasteiger partial charge in [0.2, 0.25) is 0 Å². The minimum Gasteiger partial charge on any atom is -0.478 e. The number of pyridine rings is 1. The predicted octanol–water partition coefficient (Wildman–Crippen LogP) is 2.58. The van der Waals surface area contributed by atoms with E-state index in [-0.39, 0.29) is 16.7 Å². The number of thiol groups is 1. The highest BCUT2D eigenvalue weighted by Gasteiger charge is 2.26. The molecule has 2 aromatic rings. The number of hydrogen-bond donors (Lipinski definition) is 4. The van der Waals surface area contributed by atoms with E-state index in [0.29, 0.717) is 11.2 Å². The van der Waals surface area contributed by atoms with Crippen LogP contribution in [-0.2, 0) is 10.1 Å². The van der Waals surface area contributed by atoms with E-state index in [1.54, 1.807) is 12.3 Å². The Morgan fingerprint density at radius 2 is 1.70 bits per heavy atom. The molecule has 1 fully saturated rings. The molecule has 10 heteroatoms. The van der Waals surface area contributed by atoms with Gasteiger partial charge < -0.3 is 15.3 Å². The van der Waals surface area contributed by atoms with Crippen molar-refractivity contribution in [1.82, 2.24) is 9.71 Å². The van der Waals surface area contributed by atoms with Gasteiger partial charge in [-0.2, -0.15) is 0 Å². The number of nitrogens with zero attached hydrogens (tertiary/aromatic N) is 2. The first-order valence-electron chi connectivity index (χ1n) is 10.6. The van der Waals surface area contributed by atoms with E-state index in [2.05, 4.69) is 33.8 Å². The fraction of sp³-hybridized carbons (Fsp3) is 0.391. The summed E-state index contributed by atoms with van der Waals surface area (Å²) in [6, 6.07) is 7.33. The lowest BCUT2D eigenvalue weighted by molar-refractivity contribution is 0.0692. The number of aromatic nitrogens is 1. The Balaban J connectivity index is 1.79. The third-order valence-electron chi connectivity index (χ3n) is 5.59. The van der Waals surface area contributed by atoms with Crippen LogP contribution in [-0.4, -0.2) is 57.7 Å². The van der Waals surface area contributed by atoms with Crippen LogP contribution in [0.25, 0.3) is 0 Å². The lowest BCUT2D eigenvalue weighted by Crippen LogP contribution is -2.37. The maximum Gasteiger partial charge on any atom is 0.336 e. The molecule has 0 aliphatic carbocycles. The van der Waals surface area contributed by atoms with Crippen molar-refractivity contribution in [3.63, 3.8) is 0 Å². The third-order valence-corrected chi connectivity index (χ3v) is 6.34. The van der Waals surface area contributed by atoms with Gasteiger partial charge in [0.1, 0.15) is 5.82 Å². The second kappa shape index (κ2) is 9.30. The molecule has 9 nitrogen and oxygen atoms in total. The summed E-state index contributed by atoms with van der Waals surface area (Å²) in [6.07, 6.45) is 6.49. The van der Waals surface area contributed by atoms with Crippen molar-refractivity contribution in [2.45, 2.75) is 26.7 Å². The number of carboxylic acids is 1.